The first-order valence-electron chi connectivity index (χ1n) is 8.98. The van der Waals surface area contributed by atoms with Crippen LogP contribution < -0.4 is 4.74 Å². The van der Waals surface area contributed by atoms with Crippen molar-refractivity contribution in [2.45, 2.75) is 19.0 Å². The van der Waals surface area contributed by atoms with Crippen LogP contribution in [0.5, 0.6) is 5.75 Å². The molecule has 2 aromatic carbocycles. The standard InChI is InChI=1S/C22H21N3O2/c1-15-20(22(26)17-6-4-3-5-7-17)24-19-14-23-12-13-25(19)21(15)16-8-10-18(27-2)11-9-16/h3-15,20-21H,1-2H3. The van der Waals surface area contributed by atoms with Crippen LogP contribution in [0.4, 0.5) is 0 Å². The van der Waals surface area contributed by atoms with Gasteiger partial charge in [0.2, 0.25) is 0 Å². The van der Waals surface area contributed by atoms with Crippen LogP contribution in [-0.2, 0) is 0 Å². The number of aliphatic imine (C=N–C) groups is 2. The highest BCUT2D eigenvalue weighted by molar-refractivity contribution is 6.31. The zero-order chi connectivity index (χ0) is 18.8. The maximum atomic E-state index is 13.2. The number of carbonyl (C=O) groups is 1. The lowest BCUT2D eigenvalue weighted by Gasteiger charge is -2.42. The monoisotopic (exact) mass is 359 g/mol. The predicted octanol–water partition coefficient (Wildman–Crippen LogP) is 3.89. The zero-order valence-electron chi connectivity index (χ0n) is 15.3. The number of hydrogen-bond donors (Lipinski definition) is 0. The van der Waals surface area contributed by atoms with Crippen molar-refractivity contribution in [3.05, 3.63) is 78.1 Å². The second kappa shape index (κ2) is 7.19. The fraction of sp³-hybridized carbons (Fsp3) is 0.227. The van der Waals surface area contributed by atoms with Gasteiger partial charge in [0.25, 0.3) is 0 Å². The fourth-order valence-electron chi connectivity index (χ4n) is 3.72. The van der Waals surface area contributed by atoms with Gasteiger partial charge in [-0.05, 0) is 17.7 Å². The molecule has 0 aliphatic carbocycles. The number of ether oxygens (including phenoxy) is 1. The lowest BCUT2D eigenvalue weighted by Crippen LogP contribution is -2.47. The van der Waals surface area contributed by atoms with E-state index in [1.807, 2.05) is 60.8 Å². The molecule has 5 heteroatoms. The molecule has 2 aromatic rings. The summed E-state index contributed by atoms with van der Waals surface area (Å²) in [4.78, 5) is 24.2. The molecule has 2 aliphatic rings. The van der Waals surface area contributed by atoms with Crippen LogP contribution >= 0.6 is 0 Å². The van der Waals surface area contributed by atoms with E-state index >= 15 is 0 Å². The van der Waals surface area contributed by atoms with Crippen LogP contribution in [0.3, 0.4) is 0 Å². The highest BCUT2D eigenvalue weighted by Gasteiger charge is 2.40. The summed E-state index contributed by atoms with van der Waals surface area (Å²) in [5.41, 5.74) is 1.80. The average molecular weight is 359 g/mol. The summed E-state index contributed by atoms with van der Waals surface area (Å²) in [6.45, 7) is 2.08. The van der Waals surface area contributed by atoms with E-state index in [1.165, 1.54) is 0 Å². The van der Waals surface area contributed by atoms with Gasteiger partial charge in [-0.2, -0.15) is 0 Å². The van der Waals surface area contributed by atoms with Crippen molar-refractivity contribution in [3.8, 4) is 5.75 Å². The van der Waals surface area contributed by atoms with E-state index in [9.17, 15) is 4.79 Å². The number of Topliss-reactive ketones (excluding diaryl/α,β-unsaturated/α-hetero) is 1. The van der Waals surface area contributed by atoms with Crippen LogP contribution in [0.25, 0.3) is 0 Å². The van der Waals surface area contributed by atoms with Crippen molar-refractivity contribution in [2.24, 2.45) is 15.9 Å². The Kier molecular flexibility index (Phi) is 4.59. The molecule has 0 radical (unpaired) electrons. The van der Waals surface area contributed by atoms with Gasteiger partial charge >= 0.3 is 0 Å². The first-order valence-corrected chi connectivity index (χ1v) is 8.98. The SMILES string of the molecule is COc1ccc(C2C(C)C(C(=O)c3ccccc3)N=C3C=NC=CN32)cc1. The molecule has 0 bridgehead atoms. The van der Waals surface area contributed by atoms with E-state index in [-0.39, 0.29) is 17.7 Å². The van der Waals surface area contributed by atoms with Gasteiger partial charge in [-0.15, -0.1) is 0 Å². The number of fused-ring (bicyclic) bond motifs is 1. The second-order valence-electron chi connectivity index (χ2n) is 6.72. The molecular formula is C22H21N3O2. The summed E-state index contributed by atoms with van der Waals surface area (Å²) in [7, 11) is 1.65. The second-order valence-corrected chi connectivity index (χ2v) is 6.72. The summed E-state index contributed by atoms with van der Waals surface area (Å²) in [5, 5.41) is 0. The van der Waals surface area contributed by atoms with Gasteiger partial charge in [0.1, 0.15) is 17.6 Å². The number of rotatable bonds is 4. The van der Waals surface area contributed by atoms with E-state index < -0.39 is 6.04 Å². The Morgan fingerprint density at radius 2 is 1.81 bits per heavy atom. The number of methoxy groups -OCH3 is 1. The maximum Gasteiger partial charge on any atom is 0.187 e. The first-order chi connectivity index (χ1) is 13.2. The Bertz CT molecular complexity index is 916. The Labute approximate surface area is 158 Å². The van der Waals surface area contributed by atoms with Crippen molar-refractivity contribution in [1.82, 2.24) is 4.90 Å². The van der Waals surface area contributed by atoms with Gasteiger partial charge < -0.3 is 9.64 Å². The van der Waals surface area contributed by atoms with Crippen LogP contribution in [-0.4, -0.2) is 35.9 Å². The summed E-state index contributed by atoms with van der Waals surface area (Å²) in [6, 6.07) is 16.9. The van der Waals surface area contributed by atoms with Crippen molar-refractivity contribution >= 4 is 17.8 Å². The lowest BCUT2D eigenvalue weighted by atomic mass is 9.82. The summed E-state index contributed by atoms with van der Waals surface area (Å²) in [5.74, 6) is 1.55. The van der Waals surface area contributed by atoms with Crippen molar-refractivity contribution in [1.29, 1.82) is 0 Å². The normalized spacial score (nSPS) is 23.6. The third-order valence-corrected chi connectivity index (χ3v) is 5.12. The average Bonchev–Trinajstić information content (AvgIpc) is 2.73. The Balaban J connectivity index is 1.74. The molecule has 0 saturated carbocycles. The summed E-state index contributed by atoms with van der Waals surface area (Å²) in [6.07, 6.45) is 5.39. The molecule has 0 fully saturated rings. The molecular weight excluding hydrogens is 338 g/mol. The molecule has 2 heterocycles. The smallest absolute Gasteiger partial charge is 0.187 e. The first kappa shape index (κ1) is 17.2. The van der Waals surface area contributed by atoms with E-state index in [1.54, 1.807) is 19.5 Å². The molecule has 5 nitrogen and oxygen atoms in total. The third-order valence-electron chi connectivity index (χ3n) is 5.12. The maximum absolute atomic E-state index is 13.2. The summed E-state index contributed by atoms with van der Waals surface area (Å²) < 4.78 is 5.28. The van der Waals surface area contributed by atoms with Gasteiger partial charge in [-0.3, -0.25) is 14.8 Å². The number of hydrogen-bond acceptors (Lipinski definition) is 5. The van der Waals surface area contributed by atoms with Crippen molar-refractivity contribution < 1.29 is 9.53 Å². The molecule has 0 saturated heterocycles. The third kappa shape index (κ3) is 3.16. The molecule has 27 heavy (non-hydrogen) atoms. The van der Waals surface area contributed by atoms with Crippen LogP contribution in [0.15, 0.2) is 77.0 Å². The van der Waals surface area contributed by atoms with Crippen LogP contribution in [0.1, 0.15) is 28.9 Å². The number of benzene rings is 2. The highest BCUT2D eigenvalue weighted by Crippen LogP contribution is 2.38. The minimum atomic E-state index is -0.455. The fourth-order valence-corrected chi connectivity index (χ4v) is 3.72. The Morgan fingerprint density at radius 1 is 1.07 bits per heavy atom. The van der Waals surface area contributed by atoms with Gasteiger partial charge in [-0.1, -0.05) is 49.4 Å². The number of carbonyl (C=O) groups excluding carboxylic acids is 1. The van der Waals surface area contributed by atoms with Crippen molar-refractivity contribution in [2.75, 3.05) is 7.11 Å². The molecule has 0 N–H and O–H groups in total. The minimum absolute atomic E-state index is 0.00833. The van der Waals surface area contributed by atoms with Crippen LogP contribution in [0.2, 0.25) is 0 Å². The zero-order valence-corrected chi connectivity index (χ0v) is 15.3. The van der Waals surface area contributed by atoms with Gasteiger partial charge in [0.15, 0.2) is 5.78 Å². The molecule has 0 amide bonds. The molecule has 4 rings (SSSR count). The topological polar surface area (TPSA) is 54.3 Å². The largest absolute Gasteiger partial charge is 0.497 e. The number of amidine groups is 1. The van der Waals surface area contributed by atoms with Crippen LogP contribution in [0, 0.1) is 5.92 Å². The minimum Gasteiger partial charge on any atom is -0.497 e. The van der Waals surface area contributed by atoms with Crippen molar-refractivity contribution in [3.63, 3.8) is 0 Å². The van der Waals surface area contributed by atoms with Gasteiger partial charge in [0.05, 0.1) is 19.4 Å². The van der Waals surface area contributed by atoms with E-state index in [0.29, 0.717) is 11.4 Å². The molecule has 0 spiro atoms. The molecule has 3 unspecified atom stereocenters. The number of ketones is 1. The molecule has 0 aromatic heterocycles. The highest BCUT2D eigenvalue weighted by atomic mass is 16.5. The molecule has 136 valence electrons. The lowest BCUT2D eigenvalue weighted by molar-refractivity contribution is 0.0899. The van der Waals surface area contributed by atoms with Gasteiger partial charge in [-0.25, -0.2) is 0 Å². The quantitative estimate of drug-likeness (QED) is 0.778. The Hall–Kier alpha value is -3.21. The Morgan fingerprint density at radius 3 is 2.52 bits per heavy atom. The summed E-state index contributed by atoms with van der Waals surface area (Å²) >= 11 is 0. The molecule has 3 atom stereocenters. The van der Waals surface area contributed by atoms with E-state index in [0.717, 1.165) is 11.3 Å². The predicted molar refractivity (Wildman–Crippen MR) is 106 cm³/mol. The van der Waals surface area contributed by atoms with E-state index in [4.69, 9.17) is 9.73 Å². The molecule has 2 aliphatic heterocycles. The van der Waals surface area contributed by atoms with Gasteiger partial charge in [0, 0.05) is 23.9 Å². The number of nitrogens with zero attached hydrogens (tertiary/aromatic N) is 3. The van der Waals surface area contributed by atoms with E-state index in [2.05, 4.69) is 16.8 Å².